The summed E-state index contributed by atoms with van der Waals surface area (Å²) in [6.45, 7) is 8.42. The highest BCUT2D eigenvalue weighted by molar-refractivity contribution is 5.83. The summed E-state index contributed by atoms with van der Waals surface area (Å²) in [6, 6.07) is 0.0759. The quantitative estimate of drug-likeness (QED) is 0.829. The van der Waals surface area contributed by atoms with Crippen LogP contribution in [0.3, 0.4) is 0 Å². The lowest BCUT2D eigenvalue weighted by molar-refractivity contribution is -0.129. The van der Waals surface area contributed by atoms with Gasteiger partial charge in [-0.15, -0.1) is 0 Å². The average molecular weight is 266 g/mol. The fourth-order valence-electron chi connectivity index (χ4n) is 3.55. The first-order chi connectivity index (χ1) is 9.10. The van der Waals surface area contributed by atoms with Gasteiger partial charge in [-0.3, -0.25) is 10.1 Å². The van der Waals surface area contributed by atoms with Crippen molar-refractivity contribution in [1.29, 1.82) is 0 Å². The van der Waals surface area contributed by atoms with Crippen LogP contribution in [0.25, 0.3) is 0 Å². The van der Waals surface area contributed by atoms with Crippen LogP contribution in [0.15, 0.2) is 0 Å². The van der Waals surface area contributed by atoms with Gasteiger partial charge >= 0.3 is 0 Å². The standard InChI is InChI=1S/C16H30N2O/c1-4-13-5-7-14(8-6-13)10-18-11-17-15(16(18)19)9-12(2)3/h12-15,17H,4-11H2,1-3H3. The molecular formula is C16H30N2O. The van der Waals surface area contributed by atoms with Crippen LogP contribution < -0.4 is 5.32 Å². The summed E-state index contributed by atoms with van der Waals surface area (Å²) in [4.78, 5) is 14.4. The van der Waals surface area contributed by atoms with E-state index in [1.54, 1.807) is 0 Å². The van der Waals surface area contributed by atoms with Crippen molar-refractivity contribution in [2.24, 2.45) is 17.8 Å². The molecule has 19 heavy (non-hydrogen) atoms. The summed E-state index contributed by atoms with van der Waals surface area (Å²) in [5.74, 6) is 2.61. The Hall–Kier alpha value is -0.570. The molecule has 2 fully saturated rings. The van der Waals surface area contributed by atoms with E-state index in [2.05, 4.69) is 31.0 Å². The predicted molar refractivity (Wildman–Crippen MR) is 78.7 cm³/mol. The van der Waals surface area contributed by atoms with Crippen molar-refractivity contribution in [1.82, 2.24) is 10.2 Å². The maximum absolute atomic E-state index is 12.3. The molecule has 2 aliphatic rings. The zero-order valence-electron chi connectivity index (χ0n) is 12.8. The molecule has 3 heteroatoms. The third-order valence-corrected chi connectivity index (χ3v) is 4.87. The molecule has 110 valence electrons. The number of carbonyl (C=O) groups excluding carboxylic acids is 1. The molecule has 0 bridgehead atoms. The molecule has 1 aliphatic heterocycles. The average Bonchev–Trinajstić information content (AvgIpc) is 2.72. The van der Waals surface area contributed by atoms with E-state index in [-0.39, 0.29) is 6.04 Å². The van der Waals surface area contributed by atoms with Gasteiger partial charge in [-0.05, 0) is 37.0 Å². The molecule has 2 rings (SSSR count). The monoisotopic (exact) mass is 266 g/mol. The molecule has 0 aromatic rings. The van der Waals surface area contributed by atoms with Gasteiger partial charge in [-0.1, -0.05) is 40.0 Å². The molecule has 0 aromatic carbocycles. The van der Waals surface area contributed by atoms with Gasteiger partial charge in [-0.25, -0.2) is 0 Å². The lowest BCUT2D eigenvalue weighted by atomic mass is 9.80. The third kappa shape index (κ3) is 3.95. The van der Waals surface area contributed by atoms with Crippen molar-refractivity contribution < 1.29 is 4.79 Å². The van der Waals surface area contributed by atoms with E-state index in [4.69, 9.17) is 0 Å². The summed E-state index contributed by atoms with van der Waals surface area (Å²) < 4.78 is 0. The molecule has 1 saturated carbocycles. The number of rotatable bonds is 5. The van der Waals surface area contributed by atoms with Crippen LogP contribution in [-0.4, -0.2) is 30.1 Å². The summed E-state index contributed by atoms with van der Waals surface area (Å²) in [5, 5.41) is 3.37. The molecule has 1 heterocycles. The Morgan fingerprint density at radius 1 is 1.21 bits per heavy atom. The normalized spacial score (nSPS) is 32.3. The zero-order chi connectivity index (χ0) is 13.8. The molecule has 0 aromatic heterocycles. The van der Waals surface area contributed by atoms with Gasteiger partial charge in [0, 0.05) is 6.54 Å². The smallest absolute Gasteiger partial charge is 0.240 e. The number of nitrogens with zero attached hydrogens (tertiary/aromatic N) is 1. The van der Waals surface area contributed by atoms with Crippen LogP contribution in [0.1, 0.15) is 59.3 Å². The molecule has 1 atom stereocenters. The zero-order valence-corrected chi connectivity index (χ0v) is 12.8. The minimum atomic E-state index is 0.0759. The van der Waals surface area contributed by atoms with Gasteiger partial charge in [0.05, 0.1) is 12.7 Å². The van der Waals surface area contributed by atoms with E-state index >= 15 is 0 Å². The summed E-state index contributed by atoms with van der Waals surface area (Å²) in [7, 11) is 0. The SMILES string of the molecule is CCC1CCC(CN2CNC(CC(C)C)C2=O)CC1. The molecule has 1 unspecified atom stereocenters. The van der Waals surface area contributed by atoms with Crippen LogP contribution >= 0.6 is 0 Å². The number of hydrogen-bond donors (Lipinski definition) is 1. The van der Waals surface area contributed by atoms with Gasteiger partial charge in [0.25, 0.3) is 0 Å². The second kappa shape index (κ2) is 6.74. The topological polar surface area (TPSA) is 32.3 Å². The van der Waals surface area contributed by atoms with E-state index in [1.165, 1.54) is 32.1 Å². The van der Waals surface area contributed by atoms with Gasteiger partial charge in [0.15, 0.2) is 0 Å². The molecule has 1 N–H and O–H groups in total. The largest absolute Gasteiger partial charge is 0.328 e. The highest BCUT2D eigenvalue weighted by Gasteiger charge is 2.33. The van der Waals surface area contributed by atoms with Crippen LogP contribution in [-0.2, 0) is 4.79 Å². The van der Waals surface area contributed by atoms with Crippen molar-refractivity contribution in [2.45, 2.75) is 65.3 Å². The van der Waals surface area contributed by atoms with Crippen LogP contribution in [0, 0.1) is 17.8 Å². The summed E-state index contributed by atoms with van der Waals surface area (Å²) in [5.41, 5.74) is 0. The van der Waals surface area contributed by atoms with E-state index in [9.17, 15) is 4.79 Å². The molecule has 0 spiro atoms. The highest BCUT2D eigenvalue weighted by Crippen LogP contribution is 2.31. The van der Waals surface area contributed by atoms with E-state index in [1.807, 2.05) is 0 Å². The number of hydrogen-bond acceptors (Lipinski definition) is 2. The van der Waals surface area contributed by atoms with Crippen molar-refractivity contribution >= 4 is 5.91 Å². The van der Waals surface area contributed by atoms with Crippen molar-refractivity contribution in [3.05, 3.63) is 0 Å². The van der Waals surface area contributed by atoms with E-state index in [0.29, 0.717) is 11.8 Å². The number of amides is 1. The van der Waals surface area contributed by atoms with Crippen molar-refractivity contribution in [2.75, 3.05) is 13.2 Å². The van der Waals surface area contributed by atoms with Gasteiger partial charge < -0.3 is 4.90 Å². The second-order valence-corrected chi connectivity index (χ2v) is 6.90. The molecular weight excluding hydrogens is 236 g/mol. The first-order valence-electron chi connectivity index (χ1n) is 8.12. The molecule has 0 radical (unpaired) electrons. The Bertz CT molecular complexity index is 295. The Balaban J connectivity index is 1.76. The van der Waals surface area contributed by atoms with Crippen LogP contribution in [0.5, 0.6) is 0 Å². The van der Waals surface area contributed by atoms with Crippen LogP contribution in [0.4, 0.5) is 0 Å². The molecule has 1 saturated heterocycles. The maximum Gasteiger partial charge on any atom is 0.240 e. The Morgan fingerprint density at radius 2 is 1.84 bits per heavy atom. The highest BCUT2D eigenvalue weighted by atomic mass is 16.2. The fourth-order valence-corrected chi connectivity index (χ4v) is 3.55. The molecule has 1 amide bonds. The maximum atomic E-state index is 12.3. The second-order valence-electron chi connectivity index (χ2n) is 6.90. The van der Waals surface area contributed by atoms with Gasteiger partial charge in [-0.2, -0.15) is 0 Å². The Labute approximate surface area is 118 Å². The minimum Gasteiger partial charge on any atom is -0.328 e. The van der Waals surface area contributed by atoms with E-state index in [0.717, 1.165) is 31.5 Å². The first-order valence-corrected chi connectivity index (χ1v) is 8.12. The van der Waals surface area contributed by atoms with Gasteiger partial charge in [0.2, 0.25) is 5.91 Å². The summed E-state index contributed by atoms with van der Waals surface area (Å²) >= 11 is 0. The Morgan fingerprint density at radius 3 is 2.42 bits per heavy atom. The number of nitrogens with one attached hydrogen (secondary N) is 1. The van der Waals surface area contributed by atoms with Crippen molar-refractivity contribution in [3.63, 3.8) is 0 Å². The van der Waals surface area contributed by atoms with E-state index < -0.39 is 0 Å². The fraction of sp³-hybridized carbons (Fsp3) is 0.938. The lowest BCUT2D eigenvalue weighted by Crippen LogP contribution is -2.35. The van der Waals surface area contributed by atoms with Crippen molar-refractivity contribution in [3.8, 4) is 0 Å². The molecule has 3 nitrogen and oxygen atoms in total. The predicted octanol–water partition coefficient (Wildman–Crippen LogP) is 3.01. The van der Waals surface area contributed by atoms with Gasteiger partial charge in [0.1, 0.15) is 0 Å². The minimum absolute atomic E-state index is 0.0759. The lowest BCUT2D eigenvalue weighted by Gasteiger charge is -2.30. The number of carbonyl (C=O) groups is 1. The third-order valence-electron chi connectivity index (χ3n) is 4.87. The Kier molecular flexibility index (Phi) is 5.26. The first kappa shape index (κ1) is 14.8. The molecule has 1 aliphatic carbocycles. The van der Waals surface area contributed by atoms with Crippen LogP contribution in [0.2, 0.25) is 0 Å². The summed E-state index contributed by atoms with van der Waals surface area (Å²) in [6.07, 6.45) is 7.66.